The van der Waals surface area contributed by atoms with E-state index in [-0.39, 0.29) is 11.9 Å². The van der Waals surface area contributed by atoms with E-state index in [1.165, 1.54) is 0 Å². The number of carbonyl (C=O) groups excluding carboxylic acids is 1. The van der Waals surface area contributed by atoms with E-state index in [1.807, 2.05) is 47.4 Å². The summed E-state index contributed by atoms with van der Waals surface area (Å²) in [6, 6.07) is 15.5. The molecule has 2 aromatic carbocycles. The SMILES string of the molecule is COc1cc2c(cc1OC)C(c1ccccc1)N(C(=O)c1ccn[nH]1)CC2. The predicted molar refractivity (Wildman–Crippen MR) is 101 cm³/mol. The van der Waals surface area contributed by atoms with Crippen LogP contribution >= 0.6 is 0 Å². The van der Waals surface area contributed by atoms with Gasteiger partial charge in [-0.15, -0.1) is 0 Å². The lowest BCUT2D eigenvalue weighted by atomic mass is 9.87. The summed E-state index contributed by atoms with van der Waals surface area (Å²) < 4.78 is 11.0. The molecule has 0 fully saturated rings. The van der Waals surface area contributed by atoms with Crippen molar-refractivity contribution in [1.82, 2.24) is 15.1 Å². The van der Waals surface area contributed by atoms with E-state index < -0.39 is 0 Å². The highest BCUT2D eigenvalue weighted by atomic mass is 16.5. The molecule has 4 rings (SSSR count). The van der Waals surface area contributed by atoms with E-state index in [9.17, 15) is 4.79 Å². The third-order valence-corrected chi connectivity index (χ3v) is 4.98. The van der Waals surface area contributed by atoms with Crippen LogP contribution in [0.1, 0.15) is 33.2 Å². The van der Waals surface area contributed by atoms with Gasteiger partial charge in [-0.3, -0.25) is 9.89 Å². The van der Waals surface area contributed by atoms with Crippen molar-refractivity contribution in [1.29, 1.82) is 0 Å². The molecule has 138 valence electrons. The van der Waals surface area contributed by atoms with Gasteiger partial charge >= 0.3 is 0 Å². The number of methoxy groups -OCH3 is 2. The number of aromatic amines is 1. The fraction of sp³-hybridized carbons (Fsp3) is 0.238. The van der Waals surface area contributed by atoms with Gasteiger partial charge in [0.15, 0.2) is 11.5 Å². The molecule has 1 aliphatic heterocycles. The van der Waals surface area contributed by atoms with Crippen LogP contribution in [-0.2, 0) is 6.42 Å². The molecule has 1 amide bonds. The van der Waals surface area contributed by atoms with Crippen LogP contribution in [-0.4, -0.2) is 41.8 Å². The Bertz CT molecular complexity index is 939. The molecule has 1 atom stereocenters. The van der Waals surface area contributed by atoms with Gasteiger partial charge in [0.2, 0.25) is 0 Å². The lowest BCUT2D eigenvalue weighted by Crippen LogP contribution is -2.40. The highest BCUT2D eigenvalue weighted by molar-refractivity contribution is 5.93. The summed E-state index contributed by atoms with van der Waals surface area (Å²) in [5.41, 5.74) is 3.76. The molecule has 2 heterocycles. The third-order valence-electron chi connectivity index (χ3n) is 4.98. The molecule has 6 heteroatoms. The minimum atomic E-state index is -0.203. The Morgan fingerprint density at radius 3 is 2.52 bits per heavy atom. The molecule has 1 unspecified atom stereocenters. The fourth-order valence-corrected chi connectivity index (χ4v) is 3.69. The topological polar surface area (TPSA) is 67.5 Å². The Balaban J connectivity index is 1.85. The molecular weight excluding hydrogens is 342 g/mol. The van der Waals surface area contributed by atoms with Gasteiger partial charge in [-0.25, -0.2) is 0 Å². The average molecular weight is 363 g/mol. The maximum atomic E-state index is 13.1. The van der Waals surface area contributed by atoms with Crippen molar-refractivity contribution < 1.29 is 14.3 Å². The number of rotatable bonds is 4. The highest BCUT2D eigenvalue weighted by Gasteiger charge is 2.34. The predicted octanol–water partition coefficient (Wildman–Crippen LogP) is 3.21. The number of aromatic nitrogens is 2. The van der Waals surface area contributed by atoms with E-state index in [2.05, 4.69) is 10.2 Å². The zero-order valence-corrected chi connectivity index (χ0v) is 15.3. The molecule has 1 aliphatic rings. The summed E-state index contributed by atoms with van der Waals surface area (Å²) >= 11 is 0. The van der Waals surface area contributed by atoms with Crippen LogP contribution in [0, 0.1) is 0 Å². The summed E-state index contributed by atoms with van der Waals surface area (Å²) in [4.78, 5) is 15.0. The first-order valence-electron chi connectivity index (χ1n) is 8.83. The van der Waals surface area contributed by atoms with Gasteiger partial charge in [-0.1, -0.05) is 30.3 Å². The number of nitrogens with zero attached hydrogens (tertiary/aromatic N) is 2. The first kappa shape index (κ1) is 17.1. The Labute approximate surface area is 157 Å². The minimum absolute atomic E-state index is 0.0678. The van der Waals surface area contributed by atoms with Crippen molar-refractivity contribution in [3.8, 4) is 11.5 Å². The smallest absolute Gasteiger partial charge is 0.272 e. The molecule has 6 nitrogen and oxygen atoms in total. The standard InChI is InChI=1S/C21H21N3O3/c1-26-18-12-15-9-11-24(21(25)17-8-10-22-23-17)20(14-6-4-3-5-7-14)16(15)13-19(18)27-2/h3-8,10,12-13,20H,9,11H2,1-2H3,(H,22,23). The zero-order valence-electron chi connectivity index (χ0n) is 15.3. The lowest BCUT2D eigenvalue weighted by molar-refractivity contribution is 0.0688. The monoisotopic (exact) mass is 363 g/mol. The molecule has 0 saturated heterocycles. The second kappa shape index (κ2) is 7.15. The van der Waals surface area contributed by atoms with Crippen molar-refractivity contribution in [2.75, 3.05) is 20.8 Å². The number of hydrogen-bond acceptors (Lipinski definition) is 4. The summed E-state index contributed by atoms with van der Waals surface area (Å²) in [5, 5.41) is 6.71. The first-order chi connectivity index (χ1) is 13.2. The van der Waals surface area contributed by atoms with Gasteiger partial charge < -0.3 is 14.4 Å². The first-order valence-corrected chi connectivity index (χ1v) is 8.83. The van der Waals surface area contributed by atoms with Gasteiger partial charge in [0.1, 0.15) is 5.69 Å². The largest absolute Gasteiger partial charge is 0.493 e. The minimum Gasteiger partial charge on any atom is -0.493 e. The maximum Gasteiger partial charge on any atom is 0.272 e. The second-order valence-corrected chi connectivity index (χ2v) is 6.44. The third kappa shape index (κ3) is 3.03. The summed E-state index contributed by atoms with van der Waals surface area (Å²) in [5.74, 6) is 1.30. The van der Waals surface area contributed by atoms with Gasteiger partial charge in [0, 0.05) is 12.7 Å². The van der Waals surface area contributed by atoms with Gasteiger partial charge in [0.25, 0.3) is 5.91 Å². The van der Waals surface area contributed by atoms with Crippen LogP contribution in [0.5, 0.6) is 11.5 Å². The Kier molecular flexibility index (Phi) is 4.54. The maximum absolute atomic E-state index is 13.1. The normalized spacial score (nSPS) is 15.9. The average Bonchev–Trinajstić information content (AvgIpc) is 3.26. The van der Waals surface area contributed by atoms with E-state index in [4.69, 9.17) is 9.47 Å². The molecule has 0 spiro atoms. The molecule has 0 radical (unpaired) electrons. The Morgan fingerprint density at radius 2 is 1.85 bits per heavy atom. The lowest BCUT2D eigenvalue weighted by Gasteiger charge is -2.38. The molecule has 0 saturated carbocycles. The van der Waals surface area contributed by atoms with Crippen LogP contribution < -0.4 is 9.47 Å². The zero-order chi connectivity index (χ0) is 18.8. The number of amides is 1. The quantitative estimate of drug-likeness (QED) is 0.773. The van der Waals surface area contributed by atoms with Crippen LogP contribution in [0.4, 0.5) is 0 Å². The molecule has 0 aliphatic carbocycles. The molecule has 1 N–H and O–H groups in total. The van der Waals surface area contributed by atoms with Gasteiger partial charge in [0.05, 0.1) is 20.3 Å². The van der Waals surface area contributed by atoms with Crippen LogP contribution in [0.25, 0.3) is 0 Å². The molecule has 27 heavy (non-hydrogen) atoms. The number of benzene rings is 2. The number of nitrogens with one attached hydrogen (secondary N) is 1. The molecule has 3 aromatic rings. The summed E-state index contributed by atoms with van der Waals surface area (Å²) in [6.45, 7) is 0.611. The molecule has 0 bridgehead atoms. The Hall–Kier alpha value is -3.28. The number of fused-ring (bicyclic) bond motifs is 1. The van der Waals surface area contributed by atoms with Crippen molar-refractivity contribution >= 4 is 5.91 Å². The number of hydrogen-bond donors (Lipinski definition) is 1. The van der Waals surface area contributed by atoms with Gasteiger partial charge in [-0.2, -0.15) is 5.10 Å². The fourth-order valence-electron chi connectivity index (χ4n) is 3.69. The van der Waals surface area contributed by atoms with Crippen molar-refractivity contribution in [3.63, 3.8) is 0 Å². The van der Waals surface area contributed by atoms with E-state index in [0.717, 1.165) is 23.1 Å². The molecule has 1 aromatic heterocycles. The summed E-state index contributed by atoms with van der Waals surface area (Å²) in [7, 11) is 3.26. The van der Waals surface area contributed by atoms with Crippen molar-refractivity contribution in [2.45, 2.75) is 12.5 Å². The number of carbonyl (C=O) groups is 1. The van der Waals surface area contributed by atoms with E-state index in [1.54, 1.807) is 26.5 Å². The van der Waals surface area contributed by atoms with Crippen molar-refractivity contribution in [2.24, 2.45) is 0 Å². The van der Waals surface area contributed by atoms with E-state index >= 15 is 0 Å². The molecular formula is C21H21N3O3. The second-order valence-electron chi connectivity index (χ2n) is 6.44. The van der Waals surface area contributed by atoms with Crippen LogP contribution in [0.3, 0.4) is 0 Å². The highest BCUT2D eigenvalue weighted by Crippen LogP contribution is 2.41. The van der Waals surface area contributed by atoms with Crippen molar-refractivity contribution in [3.05, 3.63) is 77.1 Å². The van der Waals surface area contributed by atoms with Crippen LogP contribution in [0.15, 0.2) is 54.7 Å². The Morgan fingerprint density at radius 1 is 1.11 bits per heavy atom. The van der Waals surface area contributed by atoms with Crippen LogP contribution in [0.2, 0.25) is 0 Å². The number of H-pyrrole nitrogens is 1. The number of ether oxygens (including phenoxy) is 2. The van der Waals surface area contributed by atoms with E-state index in [0.29, 0.717) is 23.7 Å². The van der Waals surface area contributed by atoms with Gasteiger partial charge in [-0.05, 0) is 41.3 Å². The summed E-state index contributed by atoms with van der Waals surface area (Å²) in [6.07, 6.45) is 2.34.